The summed E-state index contributed by atoms with van der Waals surface area (Å²) in [5.41, 5.74) is 0. The lowest BCUT2D eigenvalue weighted by molar-refractivity contribution is 0.581. The third kappa shape index (κ3) is 3.33. The molecule has 0 atom stereocenters. The topological polar surface area (TPSA) is 61.3 Å². The van der Waals surface area contributed by atoms with Crippen molar-refractivity contribution in [2.75, 3.05) is 54.0 Å². The highest BCUT2D eigenvalue weighted by Crippen LogP contribution is 2.24. The minimum atomic E-state index is -0.370. The summed E-state index contributed by atoms with van der Waals surface area (Å²) in [6.07, 6.45) is 5.05. The summed E-state index contributed by atoms with van der Waals surface area (Å²) in [5.74, 6) is 2.78. The number of aromatic nitrogens is 4. The van der Waals surface area contributed by atoms with Gasteiger partial charge in [-0.05, 0) is 19.8 Å². The van der Waals surface area contributed by atoms with Crippen molar-refractivity contribution in [2.45, 2.75) is 19.8 Å². The standard InChI is InChI=1S/C17H22FN7/c1-13-21-15(23-4-2-3-5-23)10-16(22-13)24-6-8-25(9-7-24)17-14(18)11-19-12-20-17/h10-12H,2-9H2,1H3. The number of anilines is 3. The molecule has 0 radical (unpaired) electrons. The maximum absolute atomic E-state index is 13.9. The summed E-state index contributed by atoms with van der Waals surface area (Å²) in [6, 6.07) is 2.08. The third-order valence-corrected chi connectivity index (χ3v) is 4.79. The number of aryl methyl sites for hydroxylation is 1. The molecule has 2 saturated heterocycles. The Labute approximate surface area is 146 Å². The number of halogens is 1. The molecule has 2 aliphatic heterocycles. The average Bonchev–Trinajstić information content (AvgIpc) is 3.17. The zero-order valence-corrected chi connectivity index (χ0v) is 14.4. The molecule has 2 aliphatic rings. The van der Waals surface area contributed by atoms with Gasteiger partial charge in [0.15, 0.2) is 11.6 Å². The van der Waals surface area contributed by atoms with Gasteiger partial charge in [0, 0.05) is 45.3 Å². The Morgan fingerprint density at radius 3 is 2.12 bits per heavy atom. The van der Waals surface area contributed by atoms with Crippen LogP contribution in [0.5, 0.6) is 0 Å². The summed E-state index contributed by atoms with van der Waals surface area (Å²) < 4.78 is 13.9. The van der Waals surface area contributed by atoms with Gasteiger partial charge >= 0.3 is 0 Å². The van der Waals surface area contributed by atoms with Gasteiger partial charge in [-0.2, -0.15) is 0 Å². The van der Waals surface area contributed by atoms with Gasteiger partial charge in [-0.15, -0.1) is 0 Å². The SMILES string of the molecule is Cc1nc(N2CCCC2)cc(N2CCN(c3ncncc3F)CC2)n1. The van der Waals surface area contributed by atoms with E-state index < -0.39 is 0 Å². The Balaban J connectivity index is 1.48. The molecule has 0 aromatic carbocycles. The van der Waals surface area contributed by atoms with E-state index in [1.54, 1.807) is 0 Å². The molecule has 0 saturated carbocycles. The van der Waals surface area contributed by atoms with Crippen molar-refractivity contribution < 1.29 is 4.39 Å². The van der Waals surface area contributed by atoms with Gasteiger partial charge < -0.3 is 14.7 Å². The molecule has 0 unspecified atom stereocenters. The van der Waals surface area contributed by atoms with Crippen molar-refractivity contribution in [2.24, 2.45) is 0 Å². The van der Waals surface area contributed by atoms with Crippen molar-refractivity contribution >= 4 is 17.5 Å². The summed E-state index contributed by atoms with van der Waals surface area (Å²) in [6.45, 7) is 7.04. The first-order valence-corrected chi connectivity index (χ1v) is 8.77. The molecule has 7 nitrogen and oxygen atoms in total. The Bertz CT molecular complexity index is 740. The molecule has 2 aromatic heterocycles. The van der Waals surface area contributed by atoms with E-state index in [2.05, 4.69) is 35.8 Å². The largest absolute Gasteiger partial charge is 0.356 e. The summed E-state index contributed by atoms with van der Waals surface area (Å²) >= 11 is 0. The van der Waals surface area contributed by atoms with Crippen molar-refractivity contribution in [1.82, 2.24) is 19.9 Å². The smallest absolute Gasteiger partial charge is 0.183 e. The van der Waals surface area contributed by atoms with E-state index in [1.165, 1.54) is 25.4 Å². The number of rotatable bonds is 3. The highest BCUT2D eigenvalue weighted by atomic mass is 19.1. The highest BCUT2D eigenvalue weighted by molar-refractivity contribution is 5.53. The van der Waals surface area contributed by atoms with Crippen molar-refractivity contribution in [3.05, 3.63) is 30.2 Å². The molecule has 4 heterocycles. The van der Waals surface area contributed by atoms with Gasteiger partial charge in [-0.3, -0.25) is 0 Å². The molecule has 0 aliphatic carbocycles. The quantitative estimate of drug-likeness (QED) is 0.839. The molecule has 0 N–H and O–H groups in total. The van der Waals surface area contributed by atoms with Gasteiger partial charge in [-0.1, -0.05) is 0 Å². The Kier molecular flexibility index (Phi) is 4.33. The van der Waals surface area contributed by atoms with Crippen molar-refractivity contribution in [1.29, 1.82) is 0 Å². The third-order valence-electron chi connectivity index (χ3n) is 4.79. The molecular formula is C17H22FN7. The molecule has 2 aromatic rings. The van der Waals surface area contributed by atoms with Crippen LogP contribution in [-0.4, -0.2) is 59.2 Å². The highest BCUT2D eigenvalue weighted by Gasteiger charge is 2.23. The van der Waals surface area contributed by atoms with Crippen molar-refractivity contribution in [3.63, 3.8) is 0 Å². The molecular weight excluding hydrogens is 321 g/mol. The second-order valence-electron chi connectivity index (χ2n) is 6.49. The van der Waals surface area contributed by atoms with Crippen LogP contribution >= 0.6 is 0 Å². The zero-order chi connectivity index (χ0) is 17.2. The van der Waals surface area contributed by atoms with Crippen LogP contribution in [-0.2, 0) is 0 Å². The zero-order valence-electron chi connectivity index (χ0n) is 14.4. The van der Waals surface area contributed by atoms with Crippen LogP contribution in [0.1, 0.15) is 18.7 Å². The van der Waals surface area contributed by atoms with E-state index >= 15 is 0 Å². The van der Waals surface area contributed by atoms with Crippen LogP contribution in [0.25, 0.3) is 0 Å². The van der Waals surface area contributed by atoms with Crippen LogP contribution in [0.3, 0.4) is 0 Å². The lowest BCUT2D eigenvalue weighted by Gasteiger charge is -2.36. The predicted molar refractivity (Wildman–Crippen MR) is 94.6 cm³/mol. The molecule has 2 fully saturated rings. The fourth-order valence-corrected chi connectivity index (χ4v) is 3.49. The second-order valence-corrected chi connectivity index (χ2v) is 6.49. The van der Waals surface area contributed by atoms with Crippen LogP contribution in [0.4, 0.5) is 21.8 Å². The number of hydrogen-bond donors (Lipinski definition) is 0. The first kappa shape index (κ1) is 16.0. The fourth-order valence-electron chi connectivity index (χ4n) is 3.49. The first-order valence-electron chi connectivity index (χ1n) is 8.77. The summed E-state index contributed by atoms with van der Waals surface area (Å²) in [7, 11) is 0. The lowest BCUT2D eigenvalue weighted by Crippen LogP contribution is -2.47. The van der Waals surface area contributed by atoms with Gasteiger partial charge in [0.25, 0.3) is 0 Å². The number of nitrogens with zero attached hydrogens (tertiary/aromatic N) is 7. The predicted octanol–water partition coefficient (Wildman–Crippen LogP) is 1.64. The van der Waals surface area contributed by atoms with Gasteiger partial charge in [0.2, 0.25) is 0 Å². The van der Waals surface area contributed by atoms with E-state index in [0.29, 0.717) is 18.9 Å². The maximum atomic E-state index is 13.9. The van der Waals surface area contributed by atoms with E-state index in [9.17, 15) is 4.39 Å². The Morgan fingerprint density at radius 1 is 0.880 bits per heavy atom. The molecule has 8 heteroatoms. The summed E-state index contributed by atoms with van der Waals surface area (Å²) in [4.78, 5) is 23.5. The normalized spacial score (nSPS) is 18.1. The molecule has 132 valence electrons. The molecule has 0 spiro atoms. The van der Waals surface area contributed by atoms with E-state index in [-0.39, 0.29) is 5.82 Å². The Hall–Kier alpha value is -2.51. The fraction of sp³-hybridized carbons (Fsp3) is 0.529. The van der Waals surface area contributed by atoms with Crippen LogP contribution in [0.15, 0.2) is 18.6 Å². The van der Waals surface area contributed by atoms with Crippen LogP contribution in [0.2, 0.25) is 0 Å². The molecule has 0 amide bonds. The number of piperazine rings is 1. The first-order chi connectivity index (χ1) is 12.2. The number of hydrogen-bond acceptors (Lipinski definition) is 7. The lowest BCUT2D eigenvalue weighted by atomic mass is 10.3. The monoisotopic (exact) mass is 343 g/mol. The van der Waals surface area contributed by atoms with Gasteiger partial charge in [0.1, 0.15) is 23.8 Å². The molecule has 25 heavy (non-hydrogen) atoms. The minimum Gasteiger partial charge on any atom is -0.356 e. The molecule has 4 rings (SSSR count). The minimum absolute atomic E-state index is 0.370. The van der Waals surface area contributed by atoms with Gasteiger partial charge in [0.05, 0.1) is 6.20 Å². The average molecular weight is 343 g/mol. The van der Waals surface area contributed by atoms with Crippen LogP contribution in [0, 0.1) is 12.7 Å². The van der Waals surface area contributed by atoms with E-state index in [1.807, 2.05) is 11.8 Å². The second kappa shape index (κ2) is 6.78. The summed E-state index contributed by atoms with van der Waals surface area (Å²) in [5, 5.41) is 0. The Morgan fingerprint density at radius 2 is 1.48 bits per heavy atom. The van der Waals surface area contributed by atoms with Crippen molar-refractivity contribution in [3.8, 4) is 0 Å². The van der Waals surface area contributed by atoms with Gasteiger partial charge in [-0.25, -0.2) is 24.3 Å². The van der Waals surface area contributed by atoms with E-state index in [0.717, 1.165) is 43.6 Å². The van der Waals surface area contributed by atoms with Crippen LogP contribution < -0.4 is 14.7 Å². The molecule has 0 bridgehead atoms. The maximum Gasteiger partial charge on any atom is 0.183 e. The van der Waals surface area contributed by atoms with E-state index in [4.69, 9.17) is 0 Å².